The monoisotopic (exact) mass is 352 g/mol. The number of hydrogen-bond acceptors (Lipinski definition) is 4. The Labute approximate surface area is 154 Å². The molecule has 1 fully saturated rings. The van der Waals surface area contributed by atoms with Crippen LogP contribution in [0.4, 0.5) is 5.69 Å². The molecule has 5 heteroatoms. The quantitative estimate of drug-likeness (QED) is 0.839. The number of phenolic OH excluding ortho intramolecular Hbond substituents is 1. The largest absolute Gasteiger partial charge is 0.508 e. The van der Waals surface area contributed by atoms with Crippen molar-refractivity contribution in [3.8, 4) is 11.5 Å². The number of benzene rings is 2. The minimum Gasteiger partial charge on any atom is -0.508 e. The Balaban J connectivity index is 1.59. The molecule has 3 rings (SSSR count). The molecule has 1 aliphatic heterocycles. The first-order chi connectivity index (χ1) is 12.7. The fraction of sp³-hybridized carbons (Fsp3) is 0.286. The summed E-state index contributed by atoms with van der Waals surface area (Å²) in [5.74, 6) is 1.00. The molecular formula is C21H24N2O3. The molecule has 2 aromatic carbocycles. The number of carbonyl (C=O) groups excluding carboxylic acids is 1. The molecule has 1 saturated heterocycles. The predicted octanol–water partition coefficient (Wildman–Crippen LogP) is 3.31. The van der Waals surface area contributed by atoms with Gasteiger partial charge in [0.25, 0.3) is 5.91 Å². The maximum absolute atomic E-state index is 12.8. The van der Waals surface area contributed by atoms with Gasteiger partial charge in [-0.3, -0.25) is 4.79 Å². The molecule has 1 heterocycles. The van der Waals surface area contributed by atoms with Gasteiger partial charge in [0.15, 0.2) is 0 Å². The van der Waals surface area contributed by atoms with Gasteiger partial charge >= 0.3 is 0 Å². The number of aromatic hydroxyl groups is 1. The average molecular weight is 352 g/mol. The Kier molecular flexibility index (Phi) is 5.79. The highest BCUT2D eigenvalue weighted by Gasteiger charge is 2.22. The van der Waals surface area contributed by atoms with E-state index in [4.69, 9.17) is 4.74 Å². The lowest BCUT2D eigenvalue weighted by Gasteiger charge is -2.36. The Hall–Kier alpha value is -2.95. The van der Waals surface area contributed by atoms with E-state index in [9.17, 15) is 9.90 Å². The molecule has 0 spiro atoms. The lowest BCUT2D eigenvalue weighted by atomic mass is 10.1. The maximum Gasteiger partial charge on any atom is 0.254 e. The zero-order valence-electron chi connectivity index (χ0n) is 15.0. The fourth-order valence-corrected chi connectivity index (χ4v) is 2.97. The molecule has 0 bridgehead atoms. The molecule has 0 unspecified atom stereocenters. The van der Waals surface area contributed by atoms with E-state index in [0.29, 0.717) is 31.0 Å². The Morgan fingerprint density at radius 3 is 2.54 bits per heavy atom. The van der Waals surface area contributed by atoms with Crippen molar-refractivity contribution >= 4 is 11.6 Å². The van der Waals surface area contributed by atoms with E-state index in [0.717, 1.165) is 18.8 Å². The average Bonchev–Trinajstić information content (AvgIpc) is 2.69. The number of phenols is 1. The summed E-state index contributed by atoms with van der Waals surface area (Å²) in [5, 5.41) is 9.40. The van der Waals surface area contributed by atoms with Crippen LogP contribution in [0.1, 0.15) is 17.3 Å². The maximum atomic E-state index is 12.8. The summed E-state index contributed by atoms with van der Waals surface area (Å²) < 4.78 is 5.62. The van der Waals surface area contributed by atoms with E-state index >= 15 is 0 Å². The smallest absolute Gasteiger partial charge is 0.254 e. The molecule has 26 heavy (non-hydrogen) atoms. The van der Waals surface area contributed by atoms with Gasteiger partial charge in [-0.25, -0.2) is 0 Å². The lowest BCUT2D eigenvalue weighted by Crippen LogP contribution is -2.48. The molecule has 136 valence electrons. The van der Waals surface area contributed by atoms with Gasteiger partial charge in [-0.05, 0) is 49.4 Å². The van der Waals surface area contributed by atoms with Gasteiger partial charge in [0.05, 0.1) is 0 Å². The van der Waals surface area contributed by atoms with E-state index in [1.54, 1.807) is 18.2 Å². The SMILES string of the molecule is C/C=C/COc1cccc(C(=O)N2CCN(c3ccc(O)cc3)CC2)c1. The van der Waals surface area contributed by atoms with Crippen molar-refractivity contribution in [3.63, 3.8) is 0 Å². The van der Waals surface area contributed by atoms with Crippen LogP contribution in [0.15, 0.2) is 60.7 Å². The lowest BCUT2D eigenvalue weighted by molar-refractivity contribution is 0.0746. The first kappa shape index (κ1) is 17.9. The molecular weight excluding hydrogens is 328 g/mol. The number of piperazine rings is 1. The topological polar surface area (TPSA) is 53.0 Å². The molecule has 1 N–H and O–H groups in total. The molecule has 2 aromatic rings. The number of hydrogen-bond donors (Lipinski definition) is 1. The third-order valence-electron chi connectivity index (χ3n) is 4.44. The fourth-order valence-electron chi connectivity index (χ4n) is 2.97. The number of ether oxygens (including phenoxy) is 1. The molecule has 0 radical (unpaired) electrons. The van der Waals surface area contributed by atoms with E-state index in [-0.39, 0.29) is 11.7 Å². The van der Waals surface area contributed by atoms with Gasteiger partial charge in [-0.2, -0.15) is 0 Å². The molecule has 0 saturated carbocycles. The van der Waals surface area contributed by atoms with Gasteiger partial charge in [-0.1, -0.05) is 18.2 Å². The number of allylic oxidation sites excluding steroid dienone is 1. The van der Waals surface area contributed by atoms with Crippen molar-refractivity contribution in [1.82, 2.24) is 4.90 Å². The van der Waals surface area contributed by atoms with Crippen LogP contribution < -0.4 is 9.64 Å². The highest BCUT2D eigenvalue weighted by atomic mass is 16.5. The van der Waals surface area contributed by atoms with Crippen molar-refractivity contribution in [2.75, 3.05) is 37.7 Å². The van der Waals surface area contributed by atoms with E-state index in [2.05, 4.69) is 4.90 Å². The first-order valence-electron chi connectivity index (χ1n) is 8.84. The van der Waals surface area contributed by atoms with Crippen LogP contribution in [0.25, 0.3) is 0 Å². The van der Waals surface area contributed by atoms with Gasteiger partial charge in [-0.15, -0.1) is 0 Å². The minimum atomic E-state index is 0.0341. The Morgan fingerprint density at radius 2 is 1.85 bits per heavy atom. The van der Waals surface area contributed by atoms with Gasteiger partial charge < -0.3 is 19.6 Å². The zero-order chi connectivity index (χ0) is 18.4. The second-order valence-electron chi connectivity index (χ2n) is 6.20. The number of anilines is 1. The molecule has 5 nitrogen and oxygen atoms in total. The number of amides is 1. The molecule has 1 aliphatic rings. The standard InChI is InChI=1S/C21H24N2O3/c1-2-3-15-26-20-6-4-5-17(16-20)21(25)23-13-11-22(12-14-23)18-7-9-19(24)10-8-18/h2-10,16,24H,11-15H2,1H3/b3-2+. The Morgan fingerprint density at radius 1 is 1.12 bits per heavy atom. The van der Waals surface area contributed by atoms with E-state index < -0.39 is 0 Å². The minimum absolute atomic E-state index is 0.0341. The summed E-state index contributed by atoms with van der Waals surface area (Å²) >= 11 is 0. The van der Waals surface area contributed by atoms with Crippen molar-refractivity contribution in [3.05, 3.63) is 66.2 Å². The molecule has 0 atom stereocenters. The number of rotatable bonds is 5. The first-order valence-corrected chi connectivity index (χ1v) is 8.84. The van der Waals surface area contributed by atoms with E-state index in [1.807, 2.05) is 54.3 Å². The van der Waals surface area contributed by atoms with Crippen molar-refractivity contribution < 1.29 is 14.6 Å². The zero-order valence-corrected chi connectivity index (χ0v) is 15.0. The van der Waals surface area contributed by atoms with Crippen LogP contribution in [0.5, 0.6) is 11.5 Å². The third-order valence-corrected chi connectivity index (χ3v) is 4.44. The number of carbonyl (C=O) groups is 1. The van der Waals surface area contributed by atoms with Crippen LogP contribution in [-0.4, -0.2) is 48.7 Å². The second kappa shape index (κ2) is 8.43. The summed E-state index contributed by atoms with van der Waals surface area (Å²) in [5.41, 5.74) is 1.72. The predicted molar refractivity (Wildman–Crippen MR) is 103 cm³/mol. The molecule has 0 aliphatic carbocycles. The third kappa shape index (κ3) is 4.36. The summed E-state index contributed by atoms with van der Waals surface area (Å²) in [7, 11) is 0. The molecule has 1 amide bonds. The van der Waals surface area contributed by atoms with Crippen LogP contribution in [0, 0.1) is 0 Å². The second-order valence-corrected chi connectivity index (χ2v) is 6.20. The highest BCUT2D eigenvalue weighted by Crippen LogP contribution is 2.21. The summed E-state index contributed by atoms with van der Waals surface area (Å²) in [6.07, 6.45) is 3.86. The number of nitrogens with zero attached hydrogens (tertiary/aromatic N) is 2. The van der Waals surface area contributed by atoms with E-state index in [1.165, 1.54) is 0 Å². The highest BCUT2D eigenvalue weighted by molar-refractivity contribution is 5.94. The summed E-state index contributed by atoms with van der Waals surface area (Å²) in [6.45, 7) is 5.33. The summed E-state index contributed by atoms with van der Waals surface area (Å²) in [4.78, 5) is 16.9. The van der Waals surface area contributed by atoms with Gasteiger partial charge in [0.1, 0.15) is 18.1 Å². The Bertz CT molecular complexity index is 763. The summed E-state index contributed by atoms with van der Waals surface area (Å²) in [6, 6.07) is 14.5. The van der Waals surface area contributed by atoms with Crippen LogP contribution >= 0.6 is 0 Å². The van der Waals surface area contributed by atoms with Crippen LogP contribution in [0.2, 0.25) is 0 Å². The van der Waals surface area contributed by atoms with Crippen molar-refractivity contribution in [1.29, 1.82) is 0 Å². The van der Waals surface area contributed by atoms with Crippen molar-refractivity contribution in [2.45, 2.75) is 6.92 Å². The molecule has 0 aromatic heterocycles. The van der Waals surface area contributed by atoms with Gasteiger partial charge in [0.2, 0.25) is 0 Å². The normalized spacial score (nSPS) is 14.7. The van der Waals surface area contributed by atoms with Crippen molar-refractivity contribution in [2.24, 2.45) is 0 Å². The van der Waals surface area contributed by atoms with Crippen LogP contribution in [-0.2, 0) is 0 Å². The van der Waals surface area contributed by atoms with Crippen LogP contribution in [0.3, 0.4) is 0 Å². The van der Waals surface area contributed by atoms with Gasteiger partial charge in [0, 0.05) is 37.4 Å².